The molecule has 6 heteroatoms. The lowest BCUT2D eigenvalue weighted by molar-refractivity contribution is 0.311. The van der Waals surface area contributed by atoms with Gasteiger partial charge in [0.2, 0.25) is 0 Å². The van der Waals surface area contributed by atoms with Crippen LogP contribution < -0.4 is 20.1 Å². The number of guanidine groups is 1. The number of furan rings is 1. The van der Waals surface area contributed by atoms with E-state index in [9.17, 15) is 0 Å². The molecule has 0 amide bonds. The van der Waals surface area contributed by atoms with Crippen LogP contribution in [0.4, 0.5) is 5.69 Å². The van der Waals surface area contributed by atoms with Crippen molar-refractivity contribution in [3.05, 3.63) is 55.0 Å². The Labute approximate surface area is 148 Å². The van der Waals surface area contributed by atoms with Crippen LogP contribution in [0.3, 0.4) is 0 Å². The molecule has 0 aliphatic carbocycles. The SMILES string of the molecule is C=CCNC(=NCCc1ccco1)Nc1ccc(OC)c(OCC)c1. The third-order valence-electron chi connectivity index (χ3n) is 3.35. The molecule has 0 aliphatic heterocycles. The van der Waals surface area contributed by atoms with E-state index in [1.165, 1.54) is 0 Å². The summed E-state index contributed by atoms with van der Waals surface area (Å²) in [6.07, 6.45) is 4.19. The van der Waals surface area contributed by atoms with Crippen molar-refractivity contribution in [3.63, 3.8) is 0 Å². The standard InChI is InChI=1S/C19H25N3O3/c1-4-11-20-19(21-12-10-16-7-6-13-25-16)22-15-8-9-17(23-3)18(14-15)24-5-2/h4,6-9,13-14H,1,5,10-12H2,2-3H3,(H2,20,21,22). The van der Waals surface area contributed by atoms with Crippen LogP contribution >= 0.6 is 0 Å². The molecule has 0 unspecified atom stereocenters. The normalized spacial score (nSPS) is 11.0. The van der Waals surface area contributed by atoms with E-state index >= 15 is 0 Å². The molecule has 0 saturated heterocycles. The molecule has 0 spiro atoms. The van der Waals surface area contributed by atoms with Gasteiger partial charge in [-0.2, -0.15) is 0 Å². The summed E-state index contributed by atoms with van der Waals surface area (Å²) in [6.45, 7) is 7.45. The minimum Gasteiger partial charge on any atom is -0.493 e. The summed E-state index contributed by atoms with van der Waals surface area (Å²) in [5.74, 6) is 2.96. The number of anilines is 1. The third-order valence-corrected chi connectivity index (χ3v) is 3.35. The van der Waals surface area contributed by atoms with Crippen LogP contribution in [0.25, 0.3) is 0 Å². The van der Waals surface area contributed by atoms with Crippen LogP contribution in [0.5, 0.6) is 11.5 Å². The second-order valence-corrected chi connectivity index (χ2v) is 5.15. The van der Waals surface area contributed by atoms with Crippen molar-refractivity contribution in [1.82, 2.24) is 5.32 Å². The van der Waals surface area contributed by atoms with Crippen molar-refractivity contribution < 1.29 is 13.9 Å². The molecule has 1 heterocycles. The lowest BCUT2D eigenvalue weighted by atomic mass is 10.2. The highest BCUT2D eigenvalue weighted by Crippen LogP contribution is 2.30. The van der Waals surface area contributed by atoms with Crippen LogP contribution in [-0.4, -0.2) is 32.8 Å². The maximum Gasteiger partial charge on any atom is 0.196 e. The molecule has 134 valence electrons. The van der Waals surface area contributed by atoms with Gasteiger partial charge in [0.25, 0.3) is 0 Å². The Bertz CT molecular complexity index is 681. The maximum absolute atomic E-state index is 5.61. The molecule has 1 aromatic heterocycles. The molecule has 1 aromatic carbocycles. The predicted molar refractivity (Wildman–Crippen MR) is 101 cm³/mol. The van der Waals surface area contributed by atoms with Crippen molar-refractivity contribution in [2.75, 3.05) is 32.1 Å². The monoisotopic (exact) mass is 343 g/mol. The van der Waals surface area contributed by atoms with E-state index < -0.39 is 0 Å². The van der Waals surface area contributed by atoms with Gasteiger partial charge in [-0.3, -0.25) is 4.99 Å². The van der Waals surface area contributed by atoms with Gasteiger partial charge in [0.15, 0.2) is 17.5 Å². The number of ether oxygens (including phenoxy) is 2. The number of benzene rings is 1. The van der Waals surface area contributed by atoms with Crippen molar-refractivity contribution in [2.24, 2.45) is 4.99 Å². The second kappa shape index (κ2) is 10.1. The van der Waals surface area contributed by atoms with Crippen molar-refractivity contribution in [1.29, 1.82) is 0 Å². The molecular weight excluding hydrogens is 318 g/mol. The molecule has 2 aromatic rings. The highest BCUT2D eigenvalue weighted by atomic mass is 16.5. The summed E-state index contributed by atoms with van der Waals surface area (Å²) >= 11 is 0. The van der Waals surface area contributed by atoms with E-state index in [-0.39, 0.29) is 0 Å². The first-order chi connectivity index (χ1) is 12.3. The molecule has 0 radical (unpaired) electrons. The Balaban J connectivity index is 2.06. The van der Waals surface area contributed by atoms with Crippen molar-refractivity contribution in [3.8, 4) is 11.5 Å². The fourth-order valence-corrected chi connectivity index (χ4v) is 2.20. The van der Waals surface area contributed by atoms with Crippen molar-refractivity contribution >= 4 is 11.6 Å². The van der Waals surface area contributed by atoms with Crippen molar-refractivity contribution in [2.45, 2.75) is 13.3 Å². The van der Waals surface area contributed by atoms with Gasteiger partial charge in [-0.15, -0.1) is 6.58 Å². The maximum atomic E-state index is 5.61. The first kappa shape index (κ1) is 18.4. The zero-order chi connectivity index (χ0) is 17.9. The fraction of sp³-hybridized carbons (Fsp3) is 0.316. The minimum absolute atomic E-state index is 0.568. The highest BCUT2D eigenvalue weighted by molar-refractivity contribution is 5.94. The summed E-state index contributed by atoms with van der Waals surface area (Å²) in [5, 5.41) is 6.47. The second-order valence-electron chi connectivity index (χ2n) is 5.15. The fourth-order valence-electron chi connectivity index (χ4n) is 2.20. The van der Waals surface area contributed by atoms with Crippen LogP contribution in [0.1, 0.15) is 12.7 Å². The molecule has 0 saturated carbocycles. The van der Waals surface area contributed by atoms with Crippen LogP contribution in [0.2, 0.25) is 0 Å². The number of hydrogen-bond donors (Lipinski definition) is 2. The van der Waals surface area contributed by atoms with E-state index in [0.29, 0.717) is 37.2 Å². The first-order valence-corrected chi connectivity index (χ1v) is 8.26. The van der Waals surface area contributed by atoms with Gasteiger partial charge in [0.05, 0.1) is 20.0 Å². The third kappa shape index (κ3) is 5.91. The van der Waals surface area contributed by atoms with Gasteiger partial charge in [-0.25, -0.2) is 0 Å². The number of hydrogen-bond acceptors (Lipinski definition) is 4. The molecule has 2 rings (SSSR count). The predicted octanol–water partition coefficient (Wildman–Crippen LogP) is 3.47. The Morgan fingerprint density at radius 3 is 2.88 bits per heavy atom. The van der Waals surface area contributed by atoms with Gasteiger partial charge in [0.1, 0.15) is 5.76 Å². The quantitative estimate of drug-likeness (QED) is 0.414. The molecule has 6 nitrogen and oxygen atoms in total. The highest BCUT2D eigenvalue weighted by Gasteiger charge is 2.07. The van der Waals surface area contributed by atoms with Crippen LogP contribution in [-0.2, 0) is 6.42 Å². The Morgan fingerprint density at radius 2 is 2.20 bits per heavy atom. The summed E-state index contributed by atoms with van der Waals surface area (Å²) in [4.78, 5) is 4.56. The number of rotatable bonds is 9. The first-order valence-electron chi connectivity index (χ1n) is 8.26. The summed E-state index contributed by atoms with van der Waals surface area (Å²) in [7, 11) is 1.62. The molecule has 0 bridgehead atoms. The number of aliphatic imine (C=N–C) groups is 1. The molecule has 0 atom stereocenters. The average molecular weight is 343 g/mol. The van der Waals surface area contributed by atoms with E-state index in [1.54, 1.807) is 19.4 Å². The lowest BCUT2D eigenvalue weighted by Gasteiger charge is -2.14. The zero-order valence-corrected chi connectivity index (χ0v) is 14.7. The minimum atomic E-state index is 0.568. The van der Waals surface area contributed by atoms with Crippen LogP contribution in [0, 0.1) is 0 Å². The Morgan fingerprint density at radius 1 is 1.32 bits per heavy atom. The molecule has 25 heavy (non-hydrogen) atoms. The van der Waals surface area contributed by atoms with E-state index in [2.05, 4.69) is 22.2 Å². The number of nitrogens with zero attached hydrogens (tertiary/aromatic N) is 1. The summed E-state index contributed by atoms with van der Waals surface area (Å²) < 4.78 is 16.2. The van der Waals surface area contributed by atoms with E-state index in [0.717, 1.165) is 17.9 Å². The molecule has 0 aliphatic rings. The number of methoxy groups -OCH3 is 1. The van der Waals surface area contributed by atoms with Crippen LogP contribution in [0.15, 0.2) is 58.7 Å². The van der Waals surface area contributed by atoms with Gasteiger partial charge >= 0.3 is 0 Å². The smallest absolute Gasteiger partial charge is 0.196 e. The molecule has 0 fully saturated rings. The molecular formula is C19H25N3O3. The molecule has 2 N–H and O–H groups in total. The zero-order valence-electron chi connectivity index (χ0n) is 14.7. The van der Waals surface area contributed by atoms with Gasteiger partial charge in [-0.05, 0) is 31.2 Å². The van der Waals surface area contributed by atoms with Gasteiger partial charge in [0, 0.05) is 31.3 Å². The van der Waals surface area contributed by atoms with Gasteiger partial charge < -0.3 is 24.5 Å². The average Bonchev–Trinajstić information content (AvgIpc) is 3.13. The Hall–Kier alpha value is -2.89. The topological polar surface area (TPSA) is 68.0 Å². The van der Waals surface area contributed by atoms with Gasteiger partial charge in [-0.1, -0.05) is 6.08 Å². The summed E-state index contributed by atoms with van der Waals surface area (Å²) in [5.41, 5.74) is 0.859. The van der Waals surface area contributed by atoms with E-state index in [4.69, 9.17) is 13.9 Å². The lowest BCUT2D eigenvalue weighted by Crippen LogP contribution is -2.31. The largest absolute Gasteiger partial charge is 0.493 e. The summed E-state index contributed by atoms with van der Waals surface area (Å²) in [6, 6.07) is 9.48. The van der Waals surface area contributed by atoms with E-state index in [1.807, 2.05) is 37.3 Å². The number of nitrogens with one attached hydrogen (secondary N) is 2. The Kier molecular flexibility index (Phi) is 7.43.